The van der Waals surface area contributed by atoms with E-state index in [1.54, 1.807) is 35.1 Å². The van der Waals surface area contributed by atoms with Crippen LogP contribution < -0.4 is 0 Å². The number of thiocarbonyl (C=S) groups is 1. The lowest BCUT2D eigenvalue weighted by Crippen LogP contribution is -2.33. The number of likely N-dealkylation sites (N-methyl/N-ethyl adjacent to an activating group) is 1. The van der Waals surface area contributed by atoms with Crippen molar-refractivity contribution in [2.24, 2.45) is 0 Å². The van der Waals surface area contributed by atoms with Gasteiger partial charge in [-0.3, -0.25) is 9.69 Å². The molecule has 1 heterocycles. The van der Waals surface area contributed by atoms with Gasteiger partial charge in [0, 0.05) is 13.6 Å². The van der Waals surface area contributed by atoms with Crippen molar-refractivity contribution in [2.45, 2.75) is 6.42 Å². The number of carbonyl (C=O) groups excluding carboxylic acids is 1. The maximum atomic E-state index is 12.8. The van der Waals surface area contributed by atoms with E-state index in [2.05, 4.69) is 6.07 Å². The summed E-state index contributed by atoms with van der Waals surface area (Å²) in [6.45, 7) is 0.552. The highest BCUT2D eigenvalue weighted by Crippen LogP contribution is 2.22. The normalized spacial score (nSPS) is 15.8. The predicted molar refractivity (Wildman–Crippen MR) is 101 cm³/mol. The van der Waals surface area contributed by atoms with E-state index in [9.17, 15) is 4.79 Å². The molecule has 124 valence electrons. The molecule has 0 aromatic heterocycles. The van der Waals surface area contributed by atoms with Crippen molar-refractivity contribution in [3.63, 3.8) is 0 Å². The second-order valence-electron chi connectivity index (χ2n) is 5.80. The molecular formula is C20H17N3OS. The van der Waals surface area contributed by atoms with E-state index in [0.29, 0.717) is 22.9 Å². The summed E-state index contributed by atoms with van der Waals surface area (Å²) >= 11 is 5.44. The molecule has 4 nitrogen and oxygen atoms in total. The van der Waals surface area contributed by atoms with E-state index in [1.165, 1.54) is 5.56 Å². The van der Waals surface area contributed by atoms with Crippen LogP contribution in [0.2, 0.25) is 0 Å². The highest BCUT2D eigenvalue weighted by Gasteiger charge is 2.35. The van der Waals surface area contributed by atoms with Crippen molar-refractivity contribution in [3.05, 3.63) is 77.0 Å². The average molecular weight is 347 g/mol. The Morgan fingerprint density at radius 1 is 1.12 bits per heavy atom. The molecule has 0 bridgehead atoms. The second-order valence-corrected chi connectivity index (χ2v) is 6.16. The third kappa shape index (κ3) is 3.59. The standard InChI is InChI=1S/C20H17N3OS/c1-22-18(13-16-7-9-17(14-21)10-8-16)19(24)23(20(22)25)12-11-15-5-3-2-4-6-15/h2-10,13H,11-12H2,1H3. The smallest absolute Gasteiger partial charge is 0.276 e. The van der Waals surface area contributed by atoms with Crippen molar-refractivity contribution in [1.82, 2.24) is 9.80 Å². The van der Waals surface area contributed by atoms with E-state index in [4.69, 9.17) is 17.5 Å². The van der Waals surface area contributed by atoms with Crippen LogP contribution in [0.3, 0.4) is 0 Å². The number of rotatable bonds is 4. The van der Waals surface area contributed by atoms with Gasteiger partial charge in [-0.25, -0.2) is 0 Å². The van der Waals surface area contributed by atoms with Gasteiger partial charge in [-0.2, -0.15) is 5.26 Å². The number of carbonyl (C=O) groups is 1. The molecule has 0 N–H and O–H groups in total. The van der Waals surface area contributed by atoms with Crippen LogP contribution in [0.4, 0.5) is 0 Å². The number of amides is 1. The minimum Gasteiger partial charge on any atom is -0.317 e. The van der Waals surface area contributed by atoms with E-state index in [0.717, 1.165) is 12.0 Å². The van der Waals surface area contributed by atoms with E-state index in [-0.39, 0.29) is 5.91 Å². The molecule has 0 atom stereocenters. The summed E-state index contributed by atoms with van der Waals surface area (Å²) in [4.78, 5) is 16.1. The SMILES string of the molecule is CN1C(=S)N(CCc2ccccc2)C(=O)C1=Cc1ccc(C#N)cc1. The Hall–Kier alpha value is -2.97. The average Bonchev–Trinajstić information content (AvgIpc) is 2.85. The lowest BCUT2D eigenvalue weighted by Gasteiger charge is -2.16. The molecule has 0 saturated carbocycles. The quantitative estimate of drug-likeness (QED) is 0.629. The maximum absolute atomic E-state index is 12.8. The van der Waals surface area contributed by atoms with Gasteiger partial charge in [0.25, 0.3) is 5.91 Å². The van der Waals surface area contributed by atoms with Crippen LogP contribution in [0.5, 0.6) is 0 Å². The molecule has 2 aromatic rings. The molecule has 0 radical (unpaired) electrons. The predicted octanol–water partition coefficient (Wildman–Crippen LogP) is 3.20. The van der Waals surface area contributed by atoms with Gasteiger partial charge in [-0.15, -0.1) is 0 Å². The molecule has 1 aliphatic rings. The van der Waals surface area contributed by atoms with Crippen LogP contribution in [-0.4, -0.2) is 34.4 Å². The largest absolute Gasteiger partial charge is 0.317 e. The number of hydrogen-bond donors (Lipinski definition) is 0. The third-order valence-electron chi connectivity index (χ3n) is 4.15. The van der Waals surface area contributed by atoms with Gasteiger partial charge in [0.15, 0.2) is 5.11 Å². The van der Waals surface area contributed by atoms with Gasteiger partial charge >= 0.3 is 0 Å². The fourth-order valence-corrected chi connectivity index (χ4v) is 2.98. The van der Waals surface area contributed by atoms with E-state index >= 15 is 0 Å². The molecular weight excluding hydrogens is 330 g/mol. The van der Waals surface area contributed by atoms with Crippen molar-refractivity contribution < 1.29 is 4.79 Å². The Balaban J connectivity index is 1.77. The van der Waals surface area contributed by atoms with Crippen molar-refractivity contribution in [3.8, 4) is 6.07 Å². The first-order valence-electron chi connectivity index (χ1n) is 7.95. The first-order valence-corrected chi connectivity index (χ1v) is 8.36. The molecule has 25 heavy (non-hydrogen) atoms. The first-order chi connectivity index (χ1) is 12.1. The topological polar surface area (TPSA) is 47.3 Å². The zero-order chi connectivity index (χ0) is 17.8. The van der Waals surface area contributed by atoms with Gasteiger partial charge in [0.2, 0.25) is 0 Å². The second kappa shape index (κ2) is 7.29. The Morgan fingerprint density at radius 3 is 2.44 bits per heavy atom. The molecule has 1 amide bonds. The Kier molecular flexibility index (Phi) is 4.92. The van der Waals surface area contributed by atoms with E-state index < -0.39 is 0 Å². The zero-order valence-electron chi connectivity index (χ0n) is 13.8. The van der Waals surface area contributed by atoms with Crippen LogP contribution in [0.15, 0.2) is 60.3 Å². The lowest BCUT2D eigenvalue weighted by molar-refractivity contribution is -0.122. The third-order valence-corrected chi connectivity index (χ3v) is 4.65. The Bertz CT molecular complexity index is 866. The number of nitrogens with zero attached hydrogens (tertiary/aromatic N) is 3. The molecule has 0 aliphatic carbocycles. The summed E-state index contributed by atoms with van der Waals surface area (Å²) in [7, 11) is 1.80. The van der Waals surface area contributed by atoms with Gasteiger partial charge < -0.3 is 4.90 Å². The van der Waals surface area contributed by atoms with Crippen molar-refractivity contribution in [1.29, 1.82) is 5.26 Å². The van der Waals surface area contributed by atoms with Gasteiger partial charge in [0.05, 0.1) is 11.6 Å². The van der Waals surface area contributed by atoms with Crippen molar-refractivity contribution >= 4 is 29.3 Å². The van der Waals surface area contributed by atoms with Crippen molar-refractivity contribution in [2.75, 3.05) is 13.6 Å². The summed E-state index contributed by atoms with van der Waals surface area (Å²) in [5, 5.41) is 9.38. The molecule has 1 saturated heterocycles. The maximum Gasteiger partial charge on any atom is 0.276 e. The summed E-state index contributed by atoms with van der Waals surface area (Å²) in [5.41, 5.74) is 3.17. The minimum absolute atomic E-state index is 0.0900. The molecule has 3 rings (SSSR count). The zero-order valence-corrected chi connectivity index (χ0v) is 14.7. The number of hydrogen-bond acceptors (Lipinski definition) is 3. The fourth-order valence-electron chi connectivity index (χ4n) is 2.71. The summed E-state index contributed by atoms with van der Waals surface area (Å²) < 4.78 is 0. The van der Waals surface area contributed by atoms with Crippen LogP contribution in [0, 0.1) is 11.3 Å². The number of nitriles is 1. The first kappa shape index (κ1) is 16.9. The number of benzene rings is 2. The molecule has 1 aliphatic heterocycles. The summed E-state index contributed by atoms with van der Waals surface area (Å²) in [6, 6.07) is 19.2. The molecule has 1 fully saturated rings. The fraction of sp³-hybridized carbons (Fsp3) is 0.150. The molecule has 0 unspecified atom stereocenters. The van der Waals surface area contributed by atoms with Crippen LogP contribution in [0.25, 0.3) is 6.08 Å². The van der Waals surface area contributed by atoms with Crippen LogP contribution >= 0.6 is 12.2 Å². The molecule has 5 heteroatoms. The monoisotopic (exact) mass is 347 g/mol. The summed E-state index contributed by atoms with van der Waals surface area (Å²) in [5.74, 6) is -0.0900. The molecule has 0 spiro atoms. The Labute approximate surface area is 152 Å². The highest BCUT2D eigenvalue weighted by atomic mass is 32.1. The van der Waals surface area contributed by atoms with Gasteiger partial charge in [-0.1, -0.05) is 42.5 Å². The molecule has 2 aromatic carbocycles. The Morgan fingerprint density at radius 2 is 1.80 bits per heavy atom. The van der Waals surface area contributed by atoms with Crippen LogP contribution in [0.1, 0.15) is 16.7 Å². The van der Waals surface area contributed by atoms with E-state index in [1.807, 2.05) is 42.5 Å². The summed E-state index contributed by atoms with van der Waals surface area (Å²) in [6.07, 6.45) is 2.56. The van der Waals surface area contributed by atoms with Crippen LogP contribution in [-0.2, 0) is 11.2 Å². The highest BCUT2D eigenvalue weighted by molar-refractivity contribution is 7.80. The lowest BCUT2D eigenvalue weighted by atomic mass is 10.1. The minimum atomic E-state index is -0.0900. The van der Waals surface area contributed by atoms with Gasteiger partial charge in [0.1, 0.15) is 5.70 Å². The van der Waals surface area contributed by atoms with Gasteiger partial charge in [-0.05, 0) is 48.0 Å².